The second-order valence-corrected chi connectivity index (χ2v) is 4.80. The van der Waals surface area contributed by atoms with Crippen molar-refractivity contribution in [1.82, 2.24) is 0 Å². The lowest BCUT2D eigenvalue weighted by molar-refractivity contribution is -0.125. The molecule has 1 aromatic carbocycles. The van der Waals surface area contributed by atoms with E-state index < -0.39 is 11.8 Å². The first-order valence-electron chi connectivity index (χ1n) is 6.10. The quantitative estimate of drug-likeness (QED) is 0.839. The highest BCUT2D eigenvalue weighted by molar-refractivity contribution is 5.94. The van der Waals surface area contributed by atoms with Gasteiger partial charge in [-0.25, -0.2) is 0 Å². The van der Waals surface area contributed by atoms with E-state index in [1.807, 2.05) is 24.3 Å². The number of carbonyl (C=O) groups excluding carboxylic acids is 2. The van der Waals surface area contributed by atoms with Crippen molar-refractivity contribution in [2.24, 2.45) is 11.7 Å². The van der Waals surface area contributed by atoms with E-state index in [4.69, 9.17) is 5.73 Å². The van der Waals surface area contributed by atoms with E-state index >= 15 is 0 Å². The molecule has 1 atom stereocenters. The van der Waals surface area contributed by atoms with Crippen LogP contribution in [0.1, 0.15) is 38.7 Å². The number of hydrogen-bond donors (Lipinski definition) is 2. The summed E-state index contributed by atoms with van der Waals surface area (Å²) in [5.74, 6) is -0.761. The van der Waals surface area contributed by atoms with Crippen LogP contribution in [0, 0.1) is 5.92 Å². The van der Waals surface area contributed by atoms with E-state index in [2.05, 4.69) is 19.2 Å². The first kappa shape index (κ1) is 14.2. The van der Waals surface area contributed by atoms with Gasteiger partial charge in [0.15, 0.2) is 0 Å². The Bertz CT molecular complexity index is 441. The molecule has 0 heterocycles. The van der Waals surface area contributed by atoms with E-state index in [1.165, 1.54) is 0 Å². The molecule has 1 aromatic rings. The van der Waals surface area contributed by atoms with Gasteiger partial charge in [-0.1, -0.05) is 39.0 Å². The Kier molecular flexibility index (Phi) is 4.89. The van der Waals surface area contributed by atoms with Gasteiger partial charge < -0.3 is 11.1 Å². The van der Waals surface area contributed by atoms with E-state index in [0.717, 1.165) is 11.3 Å². The zero-order valence-electron chi connectivity index (χ0n) is 11.1. The summed E-state index contributed by atoms with van der Waals surface area (Å²) < 4.78 is 0. The number of hydrogen-bond acceptors (Lipinski definition) is 2. The van der Waals surface area contributed by atoms with Crippen molar-refractivity contribution < 1.29 is 9.59 Å². The van der Waals surface area contributed by atoms with Gasteiger partial charge in [-0.15, -0.1) is 0 Å². The lowest BCUT2D eigenvalue weighted by Crippen LogP contribution is -2.25. The number of anilines is 1. The molecule has 4 nitrogen and oxygen atoms in total. The maximum atomic E-state index is 11.8. The van der Waals surface area contributed by atoms with Gasteiger partial charge in [-0.2, -0.15) is 0 Å². The van der Waals surface area contributed by atoms with Crippen LogP contribution in [0.2, 0.25) is 0 Å². The van der Waals surface area contributed by atoms with Crippen LogP contribution < -0.4 is 11.1 Å². The highest BCUT2D eigenvalue weighted by atomic mass is 16.2. The zero-order valence-corrected chi connectivity index (χ0v) is 11.1. The van der Waals surface area contributed by atoms with Crippen LogP contribution >= 0.6 is 0 Å². The lowest BCUT2D eigenvalue weighted by Gasteiger charge is -2.14. The molecule has 0 aromatic heterocycles. The third-order valence-corrected chi connectivity index (χ3v) is 2.83. The average Bonchev–Trinajstić information content (AvgIpc) is 2.28. The third-order valence-electron chi connectivity index (χ3n) is 2.83. The highest BCUT2D eigenvalue weighted by Crippen LogP contribution is 2.23. The number of primary amides is 1. The summed E-state index contributed by atoms with van der Waals surface area (Å²) >= 11 is 0. The van der Waals surface area contributed by atoms with Gasteiger partial charge >= 0.3 is 0 Å². The second kappa shape index (κ2) is 6.19. The van der Waals surface area contributed by atoms with Crippen LogP contribution in [0.15, 0.2) is 24.3 Å². The standard InChI is InChI=1S/C14H20N2O2/c1-9(2)11-6-4-5-7-12(11)16-13(17)8-10(3)14(15)18/h4-7,9-10H,8H2,1-3H3,(H2,15,18)(H,16,17). The molecule has 0 aliphatic rings. The molecule has 0 radical (unpaired) electrons. The SMILES string of the molecule is CC(CC(=O)Nc1ccccc1C(C)C)C(N)=O. The molecule has 2 amide bonds. The summed E-state index contributed by atoms with van der Waals surface area (Å²) in [6.45, 7) is 5.78. The fraction of sp³-hybridized carbons (Fsp3) is 0.429. The molecule has 1 rings (SSSR count). The number of para-hydroxylation sites is 1. The molecule has 3 N–H and O–H groups in total. The number of nitrogens with one attached hydrogen (secondary N) is 1. The van der Waals surface area contributed by atoms with Crippen LogP contribution in [-0.2, 0) is 9.59 Å². The maximum Gasteiger partial charge on any atom is 0.225 e. The molecular weight excluding hydrogens is 228 g/mol. The summed E-state index contributed by atoms with van der Waals surface area (Å²) in [6, 6.07) is 7.66. The molecule has 0 saturated heterocycles. The molecule has 0 bridgehead atoms. The molecule has 0 fully saturated rings. The number of benzene rings is 1. The summed E-state index contributed by atoms with van der Waals surface area (Å²) in [7, 11) is 0. The minimum atomic E-state index is -0.456. The van der Waals surface area contributed by atoms with Crippen molar-refractivity contribution in [3.63, 3.8) is 0 Å². The van der Waals surface area contributed by atoms with E-state index in [9.17, 15) is 9.59 Å². The van der Waals surface area contributed by atoms with Gasteiger partial charge in [0.05, 0.1) is 0 Å². The predicted octanol–water partition coefficient (Wildman–Crippen LogP) is 2.26. The molecule has 18 heavy (non-hydrogen) atoms. The normalized spacial score (nSPS) is 12.2. The lowest BCUT2D eigenvalue weighted by atomic mass is 10.0. The average molecular weight is 248 g/mol. The van der Waals surface area contributed by atoms with E-state index in [-0.39, 0.29) is 12.3 Å². The molecule has 0 aliphatic carbocycles. The largest absolute Gasteiger partial charge is 0.369 e. The topological polar surface area (TPSA) is 72.2 Å². The highest BCUT2D eigenvalue weighted by Gasteiger charge is 2.15. The van der Waals surface area contributed by atoms with Crippen molar-refractivity contribution in [2.45, 2.75) is 33.1 Å². The Labute approximate surface area is 108 Å². The van der Waals surface area contributed by atoms with Gasteiger partial charge in [0.25, 0.3) is 0 Å². The van der Waals surface area contributed by atoms with Crippen molar-refractivity contribution >= 4 is 17.5 Å². The Morgan fingerprint density at radius 1 is 1.22 bits per heavy atom. The molecule has 98 valence electrons. The van der Waals surface area contributed by atoms with Crippen molar-refractivity contribution in [3.05, 3.63) is 29.8 Å². The van der Waals surface area contributed by atoms with Crippen molar-refractivity contribution in [2.75, 3.05) is 5.32 Å². The van der Waals surface area contributed by atoms with Gasteiger partial charge in [0, 0.05) is 18.0 Å². The molecule has 0 spiro atoms. The van der Waals surface area contributed by atoms with Gasteiger partial charge in [0.1, 0.15) is 0 Å². The Morgan fingerprint density at radius 3 is 2.39 bits per heavy atom. The Morgan fingerprint density at radius 2 is 1.83 bits per heavy atom. The summed E-state index contributed by atoms with van der Waals surface area (Å²) in [4.78, 5) is 22.7. The maximum absolute atomic E-state index is 11.8. The Balaban J connectivity index is 2.73. The summed E-state index contributed by atoms with van der Waals surface area (Å²) in [5, 5.41) is 2.83. The first-order valence-corrected chi connectivity index (χ1v) is 6.10. The second-order valence-electron chi connectivity index (χ2n) is 4.80. The number of nitrogens with two attached hydrogens (primary N) is 1. The molecule has 0 saturated carbocycles. The van der Waals surface area contributed by atoms with Crippen LogP contribution in [0.5, 0.6) is 0 Å². The molecule has 4 heteroatoms. The summed E-state index contributed by atoms with van der Waals surface area (Å²) in [5.41, 5.74) is 7.02. The molecule has 0 aliphatic heterocycles. The number of rotatable bonds is 5. The summed E-state index contributed by atoms with van der Waals surface area (Å²) in [6.07, 6.45) is 0.113. The minimum Gasteiger partial charge on any atom is -0.369 e. The van der Waals surface area contributed by atoms with Crippen molar-refractivity contribution in [3.8, 4) is 0 Å². The smallest absolute Gasteiger partial charge is 0.225 e. The predicted molar refractivity (Wildman–Crippen MR) is 72.1 cm³/mol. The molecule has 1 unspecified atom stereocenters. The van der Waals surface area contributed by atoms with Crippen molar-refractivity contribution in [1.29, 1.82) is 0 Å². The van der Waals surface area contributed by atoms with Gasteiger partial charge in [0.2, 0.25) is 11.8 Å². The van der Waals surface area contributed by atoms with E-state index in [1.54, 1.807) is 6.92 Å². The van der Waals surface area contributed by atoms with E-state index in [0.29, 0.717) is 5.92 Å². The fourth-order valence-corrected chi connectivity index (χ4v) is 1.69. The van der Waals surface area contributed by atoms with Crippen LogP contribution in [0.4, 0.5) is 5.69 Å². The van der Waals surface area contributed by atoms with Crippen LogP contribution in [0.3, 0.4) is 0 Å². The third kappa shape index (κ3) is 3.87. The Hall–Kier alpha value is -1.84. The first-order chi connectivity index (χ1) is 8.41. The van der Waals surface area contributed by atoms with Gasteiger partial charge in [-0.05, 0) is 17.5 Å². The fourth-order valence-electron chi connectivity index (χ4n) is 1.69. The van der Waals surface area contributed by atoms with Gasteiger partial charge in [-0.3, -0.25) is 9.59 Å². The number of amides is 2. The monoisotopic (exact) mass is 248 g/mol. The van der Waals surface area contributed by atoms with Crippen LogP contribution in [0.25, 0.3) is 0 Å². The zero-order chi connectivity index (χ0) is 13.7. The minimum absolute atomic E-state index is 0.113. The molecular formula is C14H20N2O2. The number of carbonyl (C=O) groups is 2. The van der Waals surface area contributed by atoms with Crippen LogP contribution in [-0.4, -0.2) is 11.8 Å².